The van der Waals surface area contributed by atoms with E-state index in [9.17, 15) is 0 Å². The Morgan fingerprint density at radius 2 is 1.93 bits per heavy atom. The van der Waals surface area contributed by atoms with E-state index in [1.165, 1.54) is 16.8 Å². The van der Waals surface area contributed by atoms with Gasteiger partial charge in [-0.05, 0) is 36.6 Å². The third-order valence-electron chi connectivity index (χ3n) is 1.95. The third-order valence-corrected chi connectivity index (χ3v) is 2.39. The van der Waals surface area contributed by atoms with Crippen molar-refractivity contribution < 1.29 is 0 Å². The topological polar surface area (TPSA) is 12.0 Å². The summed E-state index contributed by atoms with van der Waals surface area (Å²) in [6.45, 7) is 8.34. The summed E-state index contributed by atoms with van der Waals surface area (Å²) in [6.07, 6.45) is 3.14. The van der Waals surface area contributed by atoms with E-state index in [1.807, 2.05) is 20.1 Å². The van der Waals surface area contributed by atoms with E-state index in [-0.39, 0.29) is 0 Å². The number of benzene rings is 1. The Kier molecular flexibility index (Phi) is 7.40. The fourth-order valence-electron chi connectivity index (χ4n) is 1.23. The molecule has 0 radical (unpaired) electrons. The lowest BCUT2D eigenvalue weighted by Crippen LogP contribution is -1.90. The molecule has 1 N–H and O–H groups in total. The van der Waals surface area contributed by atoms with E-state index in [0.717, 1.165) is 6.42 Å². The molecule has 0 spiro atoms. The highest BCUT2D eigenvalue weighted by Gasteiger charge is 1.96. The van der Waals surface area contributed by atoms with Crippen LogP contribution in [0.25, 0.3) is 0 Å². The molecule has 0 saturated carbocycles. The maximum absolute atomic E-state index is 3.23. The van der Waals surface area contributed by atoms with Crippen molar-refractivity contribution in [2.24, 2.45) is 0 Å². The highest BCUT2D eigenvalue weighted by atomic mass is 32.2. The van der Waals surface area contributed by atoms with Crippen molar-refractivity contribution in [3.05, 3.63) is 29.3 Å². The molecule has 0 amide bonds. The first-order valence-corrected chi connectivity index (χ1v) is 6.39. The lowest BCUT2D eigenvalue weighted by molar-refractivity contribution is 1.11. The molecule has 14 heavy (non-hydrogen) atoms. The molecule has 0 aliphatic heterocycles. The summed E-state index contributed by atoms with van der Waals surface area (Å²) in [5.41, 5.74) is 4.00. The monoisotopic (exact) mass is 211 g/mol. The fraction of sp³-hybridized carbons (Fsp3) is 0.500. The van der Waals surface area contributed by atoms with Crippen molar-refractivity contribution in [3.8, 4) is 0 Å². The first-order chi connectivity index (χ1) is 6.77. The Labute approximate surface area is 92.4 Å². The maximum atomic E-state index is 3.23. The standard InChI is InChI=1S/C10H15NS.C2H6/c1-4-9-7-10(11-12-3)6-5-8(9)2;1-2/h5-7,11H,4H2,1-3H3;1-2H3. The van der Waals surface area contributed by atoms with Crippen molar-refractivity contribution in [2.75, 3.05) is 11.0 Å². The molecular formula is C12H21NS. The average molecular weight is 211 g/mol. The van der Waals surface area contributed by atoms with E-state index >= 15 is 0 Å². The maximum Gasteiger partial charge on any atom is 0.0442 e. The third kappa shape index (κ3) is 4.05. The lowest BCUT2D eigenvalue weighted by atomic mass is 10.1. The van der Waals surface area contributed by atoms with Crippen LogP contribution in [0.1, 0.15) is 31.9 Å². The molecule has 1 aromatic rings. The number of hydrogen-bond donors (Lipinski definition) is 1. The molecule has 1 aromatic carbocycles. The molecule has 0 atom stereocenters. The minimum atomic E-state index is 1.11. The molecule has 0 aromatic heterocycles. The summed E-state index contributed by atoms with van der Waals surface area (Å²) < 4.78 is 3.23. The molecule has 1 nitrogen and oxygen atoms in total. The molecule has 0 aliphatic carbocycles. The molecule has 0 unspecified atom stereocenters. The van der Waals surface area contributed by atoms with Crippen LogP contribution in [0.4, 0.5) is 5.69 Å². The van der Waals surface area contributed by atoms with E-state index in [1.54, 1.807) is 11.9 Å². The van der Waals surface area contributed by atoms with E-state index in [0.29, 0.717) is 0 Å². The minimum absolute atomic E-state index is 1.11. The Morgan fingerprint density at radius 1 is 1.29 bits per heavy atom. The summed E-state index contributed by atoms with van der Waals surface area (Å²) in [6, 6.07) is 6.49. The Hall–Kier alpha value is -0.630. The second kappa shape index (κ2) is 7.74. The van der Waals surface area contributed by atoms with Crippen LogP contribution in [0.3, 0.4) is 0 Å². The van der Waals surface area contributed by atoms with Crippen molar-refractivity contribution >= 4 is 17.6 Å². The number of hydrogen-bond acceptors (Lipinski definition) is 2. The Bertz CT molecular complexity index is 258. The van der Waals surface area contributed by atoms with Crippen LogP contribution in [0.5, 0.6) is 0 Å². The van der Waals surface area contributed by atoms with Crippen molar-refractivity contribution in [1.29, 1.82) is 0 Å². The number of anilines is 1. The van der Waals surface area contributed by atoms with Gasteiger partial charge in [-0.15, -0.1) is 0 Å². The zero-order chi connectivity index (χ0) is 11.0. The van der Waals surface area contributed by atoms with Gasteiger partial charge in [-0.1, -0.05) is 38.8 Å². The summed E-state index contributed by atoms with van der Waals surface area (Å²) in [5, 5.41) is 0. The van der Waals surface area contributed by atoms with Crippen molar-refractivity contribution in [3.63, 3.8) is 0 Å². The van der Waals surface area contributed by atoms with Crippen LogP contribution in [-0.4, -0.2) is 6.26 Å². The normalized spacial score (nSPS) is 8.93. The van der Waals surface area contributed by atoms with Gasteiger partial charge < -0.3 is 4.72 Å². The van der Waals surface area contributed by atoms with Gasteiger partial charge in [-0.25, -0.2) is 0 Å². The number of rotatable bonds is 3. The summed E-state index contributed by atoms with van der Waals surface area (Å²) >= 11 is 1.63. The molecule has 0 fully saturated rings. The average Bonchev–Trinajstić information content (AvgIpc) is 2.24. The summed E-state index contributed by atoms with van der Waals surface area (Å²) in [4.78, 5) is 0. The Balaban J connectivity index is 0.000000791. The van der Waals surface area contributed by atoms with Gasteiger partial charge in [0.25, 0.3) is 0 Å². The van der Waals surface area contributed by atoms with Crippen LogP contribution in [-0.2, 0) is 6.42 Å². The predicted octanol–water partition coefficient (Wildman–Crippen LogP) is 4.27. The molecule has 0 heterocycles. The fourth-order valence-corrected chi connectivity index (χ4v) is 1.60. The Morgan fingerprint density at radius 3 is 2.43 bits per heavy atom. The molecule has 0 saturated heterocycles. The largest absolute Gasteiger partial charge is 0.330 e. The highest BCUT2D eigenvalue weighted by Crippen LogP contribution is 2.17. The predicted molar refractivity (Wildman–Crippen MR) is 69.0 cm³/mol. The van der Waals surface area contributed by atoms with Gasteiger partial charge >= 0.3 is 0 Å². The molecule has 0 bridgehead atoms. The molecular weight excluding hydrogens is 190 g/mol. The zero-order valence-corrected chi connectivity index (χ0v) is 10.7. The highest BCUT2D eigenvalue weighted by molar-refractivity contribution is 7.99. The van der Waals surface area contributed by atoms with Crippen LogP contribution in [0.15, 0.2) is 18.2 Å². The van der Waals surface area contributed by atoms with Gasteiger partial charge in [0.1, 0.15) is 0 Å². The van der Waals surface area contributed by atoms with Crippen molar-refractivity contribution in [2.45, 2.75) is 34.1 Å². The van der Waals surface area contributed by atoms with Crippen LogP contribution in [0.2, 0.25) is 0 Å². The second-order valence-corrected chi connectivity index (χ2v) is 3.41. The van der Waals surface area contributed by atoms with Gasteiger partial charge in [0.2, 0.25) is 0 Å². The van der Waals surface area contributed by atoms with Crippen LogP contribution in [0, 0.1) is 6.92 Å². The van der Waals surface area contributed by atoms with E-state index < -0.39 is 0 Å². The van der Waals surface area contributed by atoms with E-state index in [4.69, 9.17) is 0 Å². The number of nitrogens with one attached hydrogen (secondary N) is 1. The zero-order valence-electron chi connectivity index (χ0n) is 9.85. The number of aryl methyl sites for hydroxylation is 2. The van der Waals surface area contributed by atoms with Gasteiger partial charge in [-0.3, -0.25) is 0 Å². The second-order valence-electron chi connectivity index (χ2n) is 2.80. The van der Waals surface area contributed by atoms with Gasteiger partial charge in [-0.2, -0.15) is 0 Å². The smallest absolute Gasteiger partial charge is 0.0442 e. The summed E-state index contributed by atoms with van der Waals surface area (Å²) in [7, 11) is 0. The van der Waals surface area contributed by atoms with Gasteiger partial charge in [0.05, 0.1) is 0 Å². The molecule has 2 heteroatoms. The van der Waals surface area contributed by atoms with Crippen molar-refractivity contribution in [1.82, 2.24) is 0 Å². The molecule has 0 aliphatic rings. The summed E-state index contributed by atoms with van der Waals surface area (Å²) in [5.74, 6) is 0. The quantitative estimate of drug-likeness (QED) is 0.749. The first kappa shape index (κ1) is 13.4. The van der Waals surface area contributed by atoms with Crippen LogP contribution < -0.4 is 4.72 Å². The van der Waals surface area contributed by atoms with Crippen LogP contribution >= 0.6 is 11.9 Å². The first-order valence-electron chi connectivity index (χ1n) is 5.16. The van der Waals surface area contributed by atoms with Gasteiger partial charge in [0, 0.05) is 11.9 Å². The molecule has 1 rings (SSSR count). The van der Waals surface area contributed by atoms with E-state index in [2.05, 4.69) is 36.8 Å². The molecule has 80 valence electrons. The minimum Gasteiger partial charge on any atom is -0.330 e. The SMILES string of the molecule is CC.CCc1cc(NSC)ccc1C. The lowest BCUT2D eigenvalue weighted by Gasteiger charge is -2.06. The van der Waals surface area contributed by atoms with Gasteiger partial charge in [0.15, 0.2) is 0 Å².